The Morgan fingerprint density at radius 3 is 2.28 bits per heavy atom. The molecule has 18 heavy (non-hydrogen) atoms. The molecule has 5 nitrogen and oxygen atoms in total. The molecule has 6 heteroatoms. The van der Waals surface area contributed by atoms with Gasteiger partial charge in [-0.3, -0.25) is 4.31 Å². The van der Waals surface area contributed by atoms with Gasteiger partial charge in [-0.25, -0.2) is 0 Å². The highest BCUT2D eigenvalue weighted by Gasteiger charge is 2.27. The molecule has 0 aliphatic rings. The molecule has 0 N–H and O–H groups in total. The smallest absolute Gasteiger partial charge is 0.259 e. The molecule has 0 spiro atoms. The average Bonchev–Trinajstić information content (AvgIpc) is 2.36. The van der Waals surface area contributed by atoms with Crippen LogP contribution in [-0.2, 0) is 10.2 Å². The van der Waals surface area contributed by atoms with Crippen LogP contribution < -0.4 is 4.31 Å². The molecule has 0 heterocycles. The fraction of sp³-hybridized carbons (Fsp3) is 0.417. The summed E-state index contributed by atoms with van der Waals surface area (Å²) >= 11 is 0. The minimum atomic E-state index is -3.61. The van der Waals surface area contributed by atoms with Crippen molar-refractivity contribution in [2.24, 2.45) is 0 Å². The summed E-state index contributed by atoms with van der Waals surface area (Å²) < 4.78 is 27.0. The van der Waals surface area contributed by atoms with Crippen molar-refractivity contribution in [2.45, 2.75) is 19.9 Å². The Hall–Kier alpha value is -1.58. The molecule has 1 aromatic carbocycles. The molecule has 0 unspecified atom stereocenters. The van der Waals surface area contributed by atoms with Crippen LogP contribution in [0.15, 0.2) is 24.3 Å². The molecular weight excluding hydrogens is 250 g/mol. The number of rotatable bonds is 4. The monoisotopic (exact) mass is 267 g/mol. The van der Waals surface area contributed by atoms with Crippen LogP contribution >= 0.6 is 0 Å². The Balaban J connectivity index is 3.23. The fourth-order valence-corrected chi connectivity index (χ4v) is 2.75. The van der Waals surface area contributed by atoms with Crippen molar-refractivity contribution in [2.75, 3.05) is 18.4 Å². The number of nitrogens with zero attached hydrogens (tertiary/aromatic N) is 3. The fourth-order valence-electron chi connectivity index (χ4n) is 1.43. The van der Waals surface area contributed by atoms with E-state index in [0.717, 1.165) is 4.31 Å². The average molecular weight is 267 g/mol. The van der Waals surface area contributed by atoms with Crippen LogP contribution in [0.5, 0.6) is 0 Å². The maximum atomic E-state index is 12.3. The lowest BCUT2D eigenvalue weighted by Gasteiger charge is -2.28. The highest BCUT2D eigenvalue weighted by Crippen LogP contribution is 2.22. The van der Waals surface area contributed by atoms with Crippen molar-refractivity contribution < 1.29 is 8.42 Å². The zero-order valence-electron chi connectivity index (χ0n) is 11.0. The van der Waals surface area contributed by atoms with E-state index in [-0.39, 0.29) is 6.04 Å². The molecule has 98 valence electrons. The summed E-state index contributed by atoms with van der Waals surface area (Å²) in [7, 11) is -0.640. The number of hydrogen-bond acceptors (Lipinski definition) is 3. The molecule has 1 rings (SSSR count). The maximum absolute atomic E-state index is 12.3. The van der Waals surface area contributed by atoms with Crippen molar-refractivity contribution in [3.05, 3.63) is 29.8 Å². The van der Waals surface area contributed by atoms with Crippen molar-refractivity contribution in [1.82, 2.24) is 4.31 Å². The van der Waals surface area contributed by atoms with Gasteiger partial charge in [0, 0.05) is 20.1 Å². The molecule has 0 bridgehead atoms. The van der Waals surface area contributed by atoms with Crippen LogP contribution in [0.25, 0.3) is 0 Å². The number of nitriles is 1. The van der Waals surface area contributed by atoms with Crippen molar-refractivity contribution in [3.8, 4) is 6.07 Å². The number of benzene rings is 1. The van der Waals surface area contributed by atoms with E-state index in [1.54, 1.807) is 38.1 Å². The largest absolute Gasteiger partial charge is 0.303 e. The molecule has 0 amide bonds. The Labute approximate surface area is 108 Å². The lowest BCUT2D eigenvalue weighted by molar-refractivity contribution is 0.409. The van der Waals surface area contributed by atoms with E-state index >= 15 is 0 Å². The topological polar surface area (TPSA) is 64.4 Å². The summed E-state index contributed by atoms with van der Waals surface area (Å²) in [5, 5.41) is 9.00. The van der Waals surface area contributed by atoms with Crippen LogP contribution in [0.1, 0.15) is 19.4 Å². The first kappa shape index (κ1) is 14.5. The Kier molecular flexibility index (Phi) is 4.33. The molecule has 0 saturated carbocycles. The minimum Gasteiger partial charge on any atom is -0.259 e. The Bertz CT molecular complexity index is 561. The van der Waals surface area contributed by atoms with Gasteiger partial charge >= 0.3 is 10.2 Å². The normalized spacial score (nSPS) is 11.6. The lowest BCUT2D eigenvalue weighted by Crippen LogP contribution is -2.43. The minimum absolute atomic E-state index is 0.147. The first-order chi connectivity index (χ1) is 8.32. The molecule has 0 fully saturated rings. The van der Waals surface area contributed by atoms with Gasteiger partial charge in [-0.2, -0.15) is 18.0 Å². The molecule has 0 aromatic heterocycles. The van der Waals surface area contributed by atoms with Gasteiger partial charge in [-0.05, 0) is 26.0 Å². The summed E-state index contributed by atoms with van der Waals surface area (Å²) in [6.45, 7) is 3.59. The third kappa shape index (κ3) is 2.63. The zero-order valence-corrected chi connectivity index (χ0v) is 11.8. The molecule has 0 atom stereocenters. The highest BCUT2D eigenvalue weighted by atomic mass is 32.2. The van der Waals surface area contributed by atoms with Crippen LogP contribution in [-0.4, -0.2) is 32.9 Å². The maximum Gasteiger partial charge on any atom is 0.303 e. The summed E-state index contributed by atoms with van der Waals surface area (Å²) in [6, 6.07) is 8.46. The quantitative estimate of drug-likeness (QED) is 0.832. The molecule has 0 aliphatic heterocycles. The van der Waals surface area contributed by atoms with Crippen LogP contribution in [0.4, 0.5) is 5.69 Å². The van der Waals surface area contributed by atoms with Gasteiger partial charge in [0.1, 0.15) is 6.07 Å². The van der Waals surface area contributed by atoms with Crippen molar-refractivity contribution in [1.29, 1.82) is 5.26 Å². The highest BCUT2D eigenvalue weighted by molar-refractivity contribution is 7.90. The molecular formula is C12H17N3O2S. The van der Waals surface area contributed by atoms with E-state index in [1.165, 1.54) is 18.4 Å². The van der Waals surface area contributed by atoms with Gasteiger partial charge in [-0.1, -0.05) is 12.1 Å². The van der Waals surface area contributed by atoms with E-state index in [9.17, 15) is 8.42 Å². The van der Waals surface area contributed by atoms with E-state index in [2.05, 4.69) is 0 Å². The second-order valence-corrected chi connectivity index (χ2v) is 6.23. The van der Waals surface area contributed by atoms with E-state index in [0.29, 0.717) is 11.3 Å². The summed E-state index contributed by atoms with van der Waals surface area (Å²) in [5.41, 5.74) is 0.716. The summed E-state index contributed by atoms with van der Waals surface area (Å²) in [6.07, 6.45) is 0. The van der Waals surface area contributed by atoms with Gasteiger partial charge < -0.3 is 0 Å². The number of para-hydroxylation sites is 1. The van der Waals surface area contributed by atoms with Crippen molar-refractivity contribution >= 4 is 15.9 Å². The van der Waals surface area contributed by atoms with Crippen molar-refractivity contribution in [3.63, 3.8) is 0 Å². The molecule has 1 aromatic rings. The Morgan fingerprint density at radius 2 is 1.78 bits per heavy atom. The first-order valence-electron chi connectivity index (χ1n) is 5.53. The summed E-state index contributed by atoms with van der Waals surface area (Å²) in [4.78, 5) is 0. The molecule has 0 saturated heterocycles. The van der Waals surface area contributed by atoms with E-state index in [4.69, 9.17) is 5.26 Å². The van der Waals surface area contributed by atoms with Gasteiger partial charge in [-0.15, -0.1) is 0 Å². The third-order valence-electron chi connectivity index (χ3n) is 2.80. The van der Waals surface area contributed by atoms with E-state index in [1.807, 2.05) is 6.07 Å². The lowest BCUT2D eigenvalue weighted by atomic mass is 10.2. The number of hydrogen-bond donors (Lipinski definition) is 0. The van der Waals surface area contributed by atoms with Crippen LogP contribution in [0, 0.1) is 11.3 Å². The third-order valence-corrected chi connectivity index (χ3v) is 4.84. The second kappa shape index (κ2) is 5.38. The van der Waals surface area contributed by atoms with Crippen LogP contribution in [0.2, 0.25) is 0 Å². The predicted octanol–water partition coefficient (Wildman–Crippen LogP) is 1.58. The number of anilines is 1. The Morgan fingerprint density at radius 1 is 1.22 bits per heavy atom. The molecule has 0 radical (unpaired) electrons. The first-order valence-corrected chi connectivity index (χ1v) is 6.93. The predicted molar refractivity (Wildman–Crippen MR) is 71.4 cm³/mol. The SMILES string of the molecule is CC(C)N(C)S(=O)(=O)N(C)c1ccccc1C#N. The van der Waals surface area contributed by atoms with Crippen LogP contribution in [0.3, 0.4) is 0 Å². The standard InChI is InChI=1S/C12H17N3O2S/c1-10(2)14(3)18(16,17)15(4)12-8-6-5-7-11(12)9-13/h5-8,10H,1-4H3. The summed E-state index contributed by atoms with van der Waals surface area (Å²) in [5.74, 6) is 0. The van der Waals surface area contributed by atoms with Gasteiger partial charge in [0.15, 0.2) is 0 Å². The second-order valence-electron chi connectivity index (χ2n) is 4.21. The van der Waals surface area contributed by atoms with Gasteiger partial charge in [0.05, 0.1) is 11.3 Å². The van der Waals surface area contributed by atoms with Gasteiger partial charge in [0.2, 0.25) is 0 Å². The molecule has 0 aliphatic carbocycles. The van der Waals surface area contributed by atoms with E-state index < -0.39 is 10.2 Å². The van der Waals surface area contributed by atoms with Gasteiger partial charge in [0.25, 0.3) is 0 Å². The zero-order chi connectivity index (χ0) is 13.9.